The Kier molecular flexibility index (Phi) is 5.36. The van der Waals surface area contributed by atoms with E-state index in [1.807, 2.05) is 6.07 Å². The molecule has 1 aliphatic rings. The highest BCUT2D eigenvalue weighted by molar-refractivity contribution is 7.16. The molecule has 2 heterocycles. The highest BCUT2D eigenvalue weighted by Crippen LogP contribution is 2.31. The molecule has 8 heteroatoms. The number of nitriles is 1. The number of nitrogens with zero attached hydrogens (tertiary/aromatic N) is 3. The predicted molar refractivity (Wildman–Crippen MR) is 91.6 cm³/mol. The van der Waals surface area contributed by atoms with Crippen LogP contribution in [0.2, 0.25) is 0 Å². The zero-order valence-electron chi connectivity index (χ0n) is 13.3. The van der Waals surface area contributed by atoms with E-state index in [0.717, 1.165) is 30.6 Å². The Hall–Kier alpha value is -2.79. The first-order chi connectivity index (χ1) is 12.2. The average Bonchev–Trinajstić information content (AvgIpc) is 3.06. The lowest BCUT2D eigenvalue weighted by molar-refractivity contribution is -0.137. The van der Waals surface area contributed by atoms with Crippen LogP contribution < -0.4 is 5.32 Å². The number of thiazole rings is 1. The summed E-state index contributed by atoms with van der Waals surface area (Å²) >= 11 is 1.13. The van der Waals surface area contributed by atoms with Crippen LogP contribution in [0.4, 0.5) is 5.13 Å². The summed E-state index contributed by atoms with van der Waals surface area (Å²) < 4.78 is 4.99. The molecule has 1 saturated carbocycles. The third-order valence-corrected chi connectivity index (χ3v) is 4.99. The van der Waals surface area contributed by atoms with Crippen LogP contribution in [0.3, 0.4) is 0 Å². The zero-order chi connectivity index (χ0) is 17.6. The molecule has 2 aromatic rings. The van der Waals surface area contributed by atoms with Gasteiger partial charge in [-0.05, 0) is 37.8 Å². The largest absolute Gasteiger partial charge is 0.465 e. The molecule has 0 radical (unpaired) electrons. The van der Waals surface area contributed by atoms with E-state index in [1.54, 1.807) is 18.3 Å². The van der Waals surface area contributed by atoms with Crippen LogP contribution in [-0.2, 0) is 14.3 Å². The van der Waals surface area contributed by atoms with Gasteiger partial charge in [-0.1, -0.05) is 17.4 Å². The van der Waals surface area contributed by atoms with Gasteiger partial charge in [0.15, 0.2) is 5.13 Å². The van der Waals surface area contributed by atoms with Gasteiger partial charge in [-0.2, -0.15) is 5.26 Å². The van der Waals surface area contributed by atoms with E-state index in [-0.39, 0.29) is 17.9 Å². The first-order valence-corrected chi connectivity index (χ1v) is 8.75. The third-order valence-electron chi connectivity index (χ3n) is 4.11. The fraction of sp³-hybridized carbons (Fsp3) is 0.353. The SMILES string of the molecule is N#Cc1sc(NC(=O)C2CCCC(OC=O)C2)nc1-c1ccccn1. The monoisotopic (exact) mass is 356 g/mol. The summed E-state index contributed by atoms with van der Waals surface area (Å²) in [6, 6.07) is 7.46. The van der Waals surface area contributed by atoms with E-state index in [0.29, 0.717) is 34.3 Å². The third kappa shape index (κ3) is 4.00. The Bertz CT molecular complexity index is 800. The number of amides is 1. The molecule has 2 aromatic heterocycles. The summed E-state index contributed by atoms with van der Waals surface area (Å²) in [4.78, 5) is 31.9. The van der Waals surface area contributed by atoms with Gasteiger partial charge in [0.2, 0.25) is 5.91 Å². The van der Waals surface area contributed by atoms with Crippen LogP contribution in [0.5, 0.6) is 0 Å². The molecular formula is C17H16N4O3S. The van der Waals surface area contributed by atoms with Crippen LogP contribution in [0.15, 0.2) is 24.4 Å². The number of anilines is 1. The van der Waals surface area contributed by atoms with E-state index >= 15 is 0 Å². The quantitative estimate of drug-likeness (QED) is 0.826. The van der Waals surface area contributed by atoms with E-state index < -0.39 is 0 Å². The van der Waals surface area contributed by atoms with Crippen LogP contribution in [-0.4, -0.2) is 28.5 Å². The van der Waals surface area contributed by atoms with Crippen molar-refractivity contribution < 1.29 is 14.3 Å². The number of hydrogen-bond donors (Lipinski definition) is 1. The summed E-state index contributed by atoms with van der Waals surface area (Å²) in [5.41, 5.74) is 1.06. The van der Waals surface area contributed by atoms with Gasteiger partial charge in [-0.3, -0.25) is 14.6 Å². The molecule has 2 atom stereocenters. The summed E-state index contributed by atoms with van der Waals surface area (Å²) in [6.07, 6.45) is 4.28. The maximum Gasteiger partial charge on any atom is 0.293 e. The number of rotatable bonds is 5. The van der Waals surface area contributed by atoms with Crippen molar-refractivity contribution in [3.63, 3.8) is 0 Å². The predicted octanol–water partition coefficient (Wildman–Crippen LogP) is 2.75. The van der Waals surface area contributed by atoms with E-state index in [4.69, 9.17) is 4.74 Å². The second kappa shape index (κ2) is 7.85. The molecule has 3 rings (SSSR count). The molecule has 0 spiro atoms. The number of pyridine rings is 1. The summed E-state index contributed by atoms with van der Waals surface area (Å²) in [5.74, 6) is -0.392. The number of hydrogen-bond acceptors (Lipinski definition) is 7. The van der Waals surface area contributed by atoms with E-state index in [2.05, 4.69) is 21.4 Å². The number of nitrogens with one attached hydrogen (secondary N) is 1. The van der Waals surface area contributed by atoms with Crippen molar-refractivity contribution in [3.8, 4) is 17.5 Å². The number of aromatic nitrogens is 2. The fourth-order valence-electron chi connectivity index (χ4n) is 2.92. The molecule has 1 amide bonds. The Balaban J connectivity index is 1.73. The minimum Gasteiger partial charge on any atom is -0.465 e. The maximum atomic E-state index is 12.5. The van der Waals surface area contributed by atoms with Crippen LogP contribution in [0.1, 0.15) is 30.6 Å². The molecule has 0 aromatic carbocycles. The van der Waals surface area contributed by atoms with Crippen LogP contribution >= 0.6 is 11.3 Å². The Morgan fingerprint density at radius 1 is 1.44 bits per heavy atom. The summed E-state index contributed by atoms with van der Waals surface area (Å²) in [6.45, 7) is 0.435. The highest BCUT2D eigenvalue weighted by Gasteiger charge is 2.29. The Morgan fingerprint density at radius 3 is 3.04 bits per heavy atom. The average molecular weight is 356 g/mol. The lowest BCUT2D eigenvalue weighted by Gasteiger charge is -2.26. The highest BCUT2D eigenvalue weighted by atomic mass is 32.1. The van der Waals surface area contributed by atoms with Gasteiger partial charge in [0.25, 0.3) is 6.47 Å². The first kappa shape index (κ1) is 17.0. The Morgan fingerprint density at radius 2 is 2.32 bits per heavy atom. The van der Waals surface area contributed by atoms with Crippen molar-refractivity contribution >= 4 is 28.8 Å². The number of carbonyl (C=O) groups excluding carboxylic acids is 2. The second-order valence-corrected chi connectivity index (χ2v) is 6.73. The van der Waals surface area contributed by atoms with Crippen molar-refractivity contribution in [2.45, 2.75) is 31.8 Å². The molecule has 1 N–H and O–H groups in total. The molecule has 7 nitrogen and oxygen atoms in total. The van der Waals surface area contributed by atoms with Crippen molar-refractivity contribution in [3.05, 3.63) is 29.3 Å². The molecule has 0 saturated heterocycles. The molecule has 128 valence electrons. The zero-order valence-corrected chi connectivity index (χ0v) is 14.2. The van der Waals surface area contributed by atoms with E-state index in [9.17, 15) is 14.9 Å². The molecule has 25 heavy (non-hydrogen) atoms. The molecule has 0 bridgehead atoms. The molecule has 1 aliphatic carbocycles. The first-order valence-electron chi connectivity index (χ1n) is 7.93. The summed E-state index contributed by atoms with van der Waals surface area (Å²) in [7, 11) is 0. The standard InChI is InChI=1S/C17H16N4O3S/c18-9-14-15(13-6-1-2-7-19-13)20-17(25-14)21-16(23)11-4-3-5-12(8-11)24-10-22/h1-2,6-7,10-12H,3-5,8H2,(H,20,21,23). The van der Waals surface area contributed by atoms with Gasteiger partial charge in [-0.25, -0.2) is 4.98 Å². The van der Waals surface area contributed by atoms with E-state index in [1.165, 1.54) is 0 Å². The molecular weight excluding hydrogens is 340 g/mol. The number of carbonyl (C=O) groups is 2. The topological polar surface area (TPSA) is 105 Å². The second-order valence-electron chi connectivity index (χ2n) is 5.73. The lowest BCUT2D eigenvalue weighted by Crippen LogP contribution is -2.31. The number of ether oxygens (including phenoxy) is 1. The van der Waals surface area contributed by atoms with Gasteiger partial charge >= 0.3 is 0 Å². The minimum absolute atomic E-state index is 0.162. The van der Waals surface area contributed by atoms with Crippen molar-refractivity contribution in [1.29, 1.82) is 5.26 Å². The van der Waals surface area contributed by atoms with Crippen molar-refractivity contribution in [2.75, 3.05) is 5.32 Å². The minimum atomic E-state index is -0.230. The van der Waals surface area contributed by atoms with Gasteiger partial charge in [-0.15, -0.1) is 0 Å². The van der Waals surface area contributed by atoms with Crippen LogP contribution in [0.25, 0.3) is 11.4 Å². The lowest BCUT2D eigenvalue weighted by atomic mass is 9.86. The van der Waals surface area contributed by atoms with Crippen molar-refractivity contribution in [1.82, 2.24) is 9.97 Å². The smallest absolute Gasteiger partial charge is 0.293 e. The summed E-state index contributed by atoms with van der Waals surface area (Å²) in [5, 5.41) is 12.5. The van der Waals surface area contributed by atoms with Gasteiger partial charge in [0.05, 0.1) is 5.69 Å². The normalized spacial score (nSPS) is 19.6. The fourth-order valence-corrected chi connectivity index (χ4v) is 3.69. The van der Waals surface area contributed by atoms with Crippen LogP contribution in [0, 0.1) is 17.2 Å². The van der Waals surface area contributed by atoms with Gasteiger partial charge < -0.3 is 10.1 Å². The van der Waals surface area contributed by atoms with Gasteiger partial charge in [0, 0.05) is 12.1 Å². The van der Waals surface area contributed by atoms with Gasteiger partial charge in [0.1, 0.15) is 22.7 Å². The Labute approximate surface area is 148 Å². The molecule has 0 aliphatic heterocycles. The van der Waals surface area contributed by atoms with Crippen molar-refractivity contribution in [2.24, 2.45) is 5.92 Å². The molecule has 2 unspecified atom stereocenters. The maximum absolute atomic E-state index is 12.5. The molecule has 1 fully saturated rings.